The third kappa shape index (κ3) is 10.1. The Hall–Kier alpha value is -2.32. The van der Waals surface area contributed by atoms with E-state index in [1.54, 1.807) is 12.4 Å². The lowest BCUT2D eigenvalue weighted by molar-refractivity contribution is -0.117. The SMILES string of the molecule is CC(C)(C)[Si](C)(C)OCc1cnc(CNC2(C#N)CCCC2)o1.CCc1cnc(CN)o1.O=C1CCCC1. The fourth-order valence-corrected chi connectivity index (χ4v) is 4.83. The summed E-state index contributed by atoms with van der Waals surface area (Å²) in [7, 11) is -1.78. The molecule has 2 aliphatic carbocycles. The second-order valence-corrected chi connectivity index (χ2v) is 16.4. The summed E-state index contributed by atoms with van der Waals surface area (Å²) in [5, 5.41) is 12.9. The van der Waals surface area contributed by atoms with Crippen molar-refractivity contribution < 1.29 is 18.1 Å². The van der Waals surface area contributed by atoms with Crippen LogP contribution in [0.5, 0.6) is 0 Å². The molecule has 0 aromatic carbocycles. The highest BCUT2D eigenvalue weighted by Crippen LogP contribution is 2.37. The minimum absolute atomic E-state index is 0.180. The minimum atomic E-state index is -1.78. The minimum Gasteiger partial charge on any atom is -0.444 e. The van der Waals surface area contributed by atoms with Gasteiger partial charge in [-0.25, -0.2) is 9.97 Å². The van der Waals surface area contributed by atoms with Crippen molar-refractivity contribution in [2.45, 2.75) is 129 Å². The van der Waals surface area contributed by atoms with E-state index in [4.69, 9.17) is 19.0 Å². The van der Waals surface area contributed by atoms with E-state index < -0.39 is 13.9 Å². The smallest absolute Gasteiger partial charge is 0.208 e. The van der Waals surface area contributed by atoms with Gasteiger partial charge in [0.15, 0.2) is 8.32 Å². The maximum Gasteiger partial charge on any atom is 0.208 e. The Balaban J connectivity index is 0.000000273. The van der Waals surface area contributed by atoms with Crippen LogP contribution in [0.3, 0.4) is 0 Å². The van der Waals surface area contributed by atoms with Gasteiger partial charge in [0.2, 0.25) is 11.8 Å². The molecule has 3 N–H and O–H groups in total. The van der Waals surface area contributed by atoms with Crippen LogP contribution >= 0.6 is 0 Å². The summed E-state index contributed by atoms with van der Waals surface area (Å²) < 4.78 is 17.0. The van der Waals surface area contributed by atoms with Gasteiger partial charge in [-0.1, -0.05) is 40.5 Å². The van der Waals surface area contributed by atoms with E-state index in [0.717, 1.165) is 69.3 Å². The summed E-state index contributed by atoms with van der Waals surface area (Å²) in [4.78, 5) is 18.5. The Kier molecular flexibility index (Phi) is 12.4. The molecule has 0 spiro atoms. The number of carbonyl (C=O) groups excluding carboxylic acids is 1. The molecule has 0 bridgehead atoms. The summed E-state index contributed by atoms with van der Waals surface area (Å²) >= 11 is 0. The quantitative estimate of drug-likeness (QED) is 0.385. The zero-order chi connectivity index (χ0) is 28.2. The number of nitriles is 1. The molecule has 2 heterocycles. The van der Waals surface area contributed by atoms with Gasteiger partial charge in [0.25, 0.3) is 0 Å². The molecule has 38 heavy (non-hydrogen) atoms. The van der Waals surface area contributed by atoms with Crippen molar-refractivity contribution >= 4 is 14.1 Å². The van der Waals surface area contributed by atoms with Gasteiger partial charge in [-0.2, -0.15) is 5.26 Å². The number of nitrogens with two attached hydrogens (primary N) is 1. The van der Waals surface area contributed by atoms with Crippen LogP contribution in [-0.4, -0.2) is 29.6 Å². The Morgan fingerprint density at radius 2 is 1.66 bits per heavy atom. The zero-order valence-corrected chi connectivity index (χ0v) is 25.2. The van der Waals surface area contributed by atoms with Crippen molar-refractivity contribution in [1.82, 2.24) is 15.3 Å². The molecule has 0 amide bonds. The third-order valence-corrected chi connectivity index (χ3v) is 12.0. The fourth-order valence-electron chi connectivity index (χ4n) is 3.89. The Morgan fingerprint density at radius 1 is 1.08 bits per heavy atom. The van der Waals surface area contributed by atoms with Crippen molar-refractivity contribution in [3.05, 3.63) is 35.7 Å². The Morgan fingerprint density at radius 3 is 2.11 bits per heavy atom. The first-order chi connectivity index (χ1) is 17.9. The number of nitrogens with one attached hydrogen (secondary N) is 1. The standard InChI is InChI=1S/C17H29N3O2Si.C6H10N2O.C5H8O/c1-16(2,3)23(4,5)21-12-14-10-19-15(22-14)11-20-17(13-18)8-6-7-9-17;1-2-5-4-8-6(3-7)9-5;6-5-3-1-2-4-5/h10,20H,6-9,11-12H2,1-5H3;4H,2-3,7H2,1H3;1-4H2. The van der Waals surface area contributed by atoms with E-state index in [9.17, 15) is 10.1 Å². The number of hydrogen-bond donors (Lipinski definition) is 2. The van der Waals surface area contributed by atoms with E-state index in [0.29, 0.717) is 37.3 Å². The van der Waals surface area contributed by atoms with E-state index in [1.165, 1.54) is 0 Å². The number of hydrogen-bond acceptors (Lipinski definition) is 9. The van der Waals surface area contributed by atoms with Crippen molar-refractivity contribution in [3.63, 3.8) is 0 Å². The van der Waals surface area contributed by atoms with Crippen molar-refractivity contribution in [1.29, 1.82) is 5.26 Å². The summed E-state index contributed by atoms with van der Waals surface area (Å²) in [5.74, 6) is 3.35. The lowest BCUT2D eigenvalue weighted by Crippen LogP contribution is -2.40. The van der Waals surface area contributed by atoms with Gasteiger partial charge >= 0.3 is 0 Å². The summed E-state index contributed by atoms with van der Waals surface area (Å²) in [5.41, 5.74) is 4.87. The number of carbonyl (C=O) groups is 1. The number of aromatic nitrogens is 2. The van der Waals surface area contributed by atoms with Crippen LogP contribution in [0.2, 0.25) is 18.1 Å². The van der Waals surface area contributed by atoms with Crippen molar-refractivity contribution in [2.24, 2.45) is 5.73 Å². The summed E-state index contributed by atoms with van der Waals surface area (Å²) in [6.07, 6.45) is 12.3. The van der Waals surface area contributed by atoms with Crippen LogP contribution < -0.4 is 11.1 Å². The Labute approximate surface area is 229 Å². The van der Waals surface area contributed by atoms with Gasteiger partial charge < -0.3 is 19.0 Å². The zero-order valence-electron chi connectivity index (χ0n) is 24.2. The van der Waals surface area contributed by atoms with Gasteiger partial charge in [0.1, 0.15) is 22.8 Å². The first-order valence-electron chi connectivity index (χ1n) is 13.8. The molecule has 0 unspecified atom stereocenters. The number of rotatable bonds is 8. The number of nitrogens with zero attached hydrogens (tertiary/aromatic N) is 3. The molecular weight excluding hydrogens is 498 g/mol. The van der Waals surface area contributed by atoms with Gasteiger partial charge in [0.05, 0.1) is 38.2 Å². The highest BCUT2D eigenvalue weighted by molar-refractivity contribution is 6.74. The average molecular weight is 546 g/mol. The Bertz CT molecular complexity index is 1000. The molecule has 2 fully saturated rings. The number of aryl methyl sites for hydroxylation is 1. The van der Waals surface area contributed by atoms with E-state index in [2.05, 4.69) is 55.2 Å². The predicted octanol–water partition coefficient (Wildman–Crippen LogP) is 5.95. The van der Waals surface area contributed by atoms with Crippen molar-refractivity contribution in [2.75, 3.05) is 0 Å². The second-order valence-electron chi connectivity index (χ2n) is 11.5. The molecular formula is C28H47N5O4Si. The first kappa shape index (κ1) is 31.9. The third-order valence-electron chi connectivity index (χ3n) is 7.52. The number of oxazole rings is 2. The molecule has 0 atom stereocenters. The van der Waals surface area contributed by atoms with Crippen LogP contribution in [0.4, 0.5) is 0 Å². The van der Waals surface area contributed by atoms with E-state index in [1.807, 2.05) is 6.92 Å². The van der Waals surface area contributed by atoms with Crippen LogP contribution in [0.15, 0.2) is 21.2 Å². The molecule has 10 heteroatoms. The van der Waals surface area contributed by atoms with Gasteiger partial charge in [-0.15, -0.1) is 0 Å². The van der Waals surface area contributed by atoms with E-state index >= 15 is 0 Å². The molecule has 4 rings (SSSR count). The lowest BCUT2D eigenvalue weighted by Gasteiger charge is -2.35. The average Bonchev–Trinajstić information content (AvgIpc) is 3.70. The fraction of sp³-hybridized carbons (Fsp3) is 0.714. The number of Topliss-reactive ketones (excluding diaryl/α,β-unsaturated/α-hetero) is 1. The van der Waals surface area contributed by atoms with Crippen LogP contribution in [0.1, 0.15) is 102 Å². The van der Waals surface area contributed by atoms with Gasteiger partial charge in [-0.3, -0.25) is 10.1 Å². The second kappa shape index (κ2) is 14.7. The first-order valence-corrected chi connectivity index (χ1v) is 16.7. The molecule has 212 valence electrons. The molecule has 2 saturated carbocycles. The van der Waals surface area contributed by atoms with E-state index in [-0.39, 0.29) is 5.04 Å². The molecule has 0 radical (unpaired) electrons. The molecule has 0 saturated heterocycles. The van der Waals surface area contributed by atoms with Crippen molar-refractivity contribution in [3.8, 4) is 6.07 Å². The summed E-state index contributed by atoms with van der Waals surface area (Å²) in [6.45, 7) is 14.5. The normalized spacial score (nSPS) is 16.8. The van der Waals surface area contributed by atoms with Crippen LogP contribution in [-0.2, 0) is 35.3 Å². The molecule has 2 aromatic heterocycles. The lowest BCUT2D eigenvalue weighted by atomic mass is 10.0. The summed E-state index contributed by atoms with van der Waals surface area (Å²) in [6, 6.07) is 2.42. The monoisotopic (exact) mass is 545 g/mol. The highest BCUT2D eigenvalue weighted by Gasteiger charge is 2.37. The van der Waals surface area contributed by atoms with Crippen LogP contribution in [0, 0.1) is 11.3 Å². The van der Waals surface area contributed by atoms with Gasteiger partial charge in [-0.05, 0) is 43.8 Å². The molecule has 2 aliphatic rings. The largest absolute Gasteiger partial charge is 0.444 e. The number of ketones is 1. The topological polar surface area (TPSA) is 140 Å². The molecule has 9 nitrogen and oxygen atoms in total. The van der Waals surface area contributed by atoms with Crippen LogP contribution in [0.25, 0.3) is 0 Å². The highest BCUT2D eigenvalue weighted by atomic mass is 28.4. The maximum absolute atomic E-state index is 10.2. The maximum atomic E-state index is 10.2. The molecule has 0 aliphatic heterocycles. The molecule has 2 aromatic rings. The van der Waals surface area contributed by atoms with Gasteiger partial charge in [0, 0.05) is 19.3 Å². The predicted molar refractivity (Wildman–Crippen MR) is 149 cm³/mol.